The summed E-state index contributed by atoms with van der Waals surface area (Å²) in [6.07, 6.45) is 0. The Labute approximate surface area is 162 Å². The van der Waals surface area contributed by atoms with Crippen LogP contribution < -0.4 is 4.74 Å². The van der Waals surface area contributed by atoms with Crippen molar-refractivity contribution in [1.29, 1.82) is 0 Å². The van der Waals surface area contributed by atoms with Crippen molar-refractivity contribution in [2.75, 3.05) is 26.9 Å². The number of ether oxygens (including phenoxy) is 4. The fourth-order valence-corrected chi connectivity index (χ4v) is 2.42. The van der Waals surface area contributed by atoms with Crippen LogP contribution in [-0.4, -0.2) is 61.3 Å². The minimum atomic E-state index is -3.20. The molecular weight excluding hydrogens is 372 g/mol. The van der Waals surface area contributed by atoms with Gasteiger partial charge in [0.1, 0.15) is 5.75 Å². The highest BCUT2D eigenvalue weighted by Crippen LogP contribution is 2.28. The predicted octanol–water partition coefficient (Wildman–Crippen LogP) is 0.915. The molecule has 1 N–H and O–H groups in total. The predicted molar refractivity (Wildman–Crippen MR) is 95.7 cm³/mol. The first-order chi connectivity index (χ1) is 13.3. The van der Waals surface area contributed by atoms with E-state index in [4.69, 9.17) is 18.9 Å². The van der Waals surface area contributed by atoms with Crippen molar-refractivity contribution >= 4 is 23.7 Å². The first kappa shape index (κ1) is 23.1. The largest absolute Gasteiger partial charge is 0.497 e. The highest BCUT2D eigenvalue weighted by Gasteiger charge is 2.60. The lowest BCUT2D eigenvalue weighted by atomic mass is 9.81. The third kappa shape index (κ3) is 4.86. The van der Waals surface area contributed by atoms with Crippen molar-refractivity contribution in [3.63, 3.8) is 0 Å². The van der Waals surface area contributed by atoms with Gasteiger partial charge in [-0.1, -0.05) is 0 Å². The third-order valence-corrected chi connectivity index (χ3v) is 3.75. The molecule has 28 heavy (non-hydrogen) atoms. The van der Waals surface area contributed by atoms with Gasteiger partial charge in [-0.25, -0.2) is 9.59 Å². The van der Waals surface area contributed by atoms with Crippen LogP contribution >= 0.6 is 0 Å². The zero-order valence-electron chi connectivity index (χ0n) is 16.2. The molecule has 0 aliphatic carbocycles. The van der Waals surface area contributed by atoms with Crippen molar-refractivity contribution in [2.24, 2.45) is 5.92 Å². The number of ketones is 1. The van der Waals surface area contributed by atoms with Crippen LogP contribution in [0.25, 0.3) is 0 Å². The summed E-state index contributed by atoms with van der Waals surface area (Å²) in [4.78, 5) is 50.3. The van der Waals surface area contributed by atoms with E-state index in [9.17, 15) is 24.3 Å². The molecule has 0 amide bonds. The molecule has 1 unspecified atom stereocenters. The van der Waals surface area contributed by atoms with Gasteiger partial charge in [0.05, 0.1) is 26.9 Å². The lowest BCUT2D eigenvalue weighted by Gasteiger charge is -2.29. The SMILES string of the molecule is CCOC(=O)C(C(=O)c1ccc(OC)cc1)C(O)(C(=O)OCC)C(=O)OCC. The molecule has 0 bridgehead atoms. The summed E-state index contributed by atoms with van der Waals surface area (Å²) in [5.74, 6) is -6.99. The Balaban J connectivity index is 3.52. The van der Waals surface area contributed by atoms with E-state index in [-0.39, 0.29) is 25.4 Å². The fourth-order valence-electron chi connectivity index (χ4n) is 2.42. The van der Waals surface area contributed by atoms with Crippen LogP contribution in [-0.2, 0) is 28.6 Å². The van der Waals surface area contributed by atoms with E-state index in [1.54, 1.807) is 0 Å². The van der Waals surface area contributed by atoms with Gasteiger partial charge in [0, 0.05) is 5.56 Å². The summed E-state index contributed by atoms with van der Waals surface area (Å²) >= 11 is 0. The molecule has 0 aliphatic heterocycles. The van der Waals surface area contributed by atoms with Crippen LogP contribution in [0.15, 0.2) is 24.3 Å². The lowest BCUT2D eigenvalue weighted by molar-refractivity contribution is -0.193. The number of carbonyl (C=O) groups is 4. The van der Waals surface area contributed by atoms with Crippen LogP contribution in [0.3, 0.4) is 0 Å². The molecule has 1 aromatic carbocycles. The van der Waals surface area contributed by atoms with E-state index in [1.165, 1.54) is 52.1 Å². The standard InChI is InChI=1S/C19H24O9/c1-5-26-16(21)14(15(20)12-8-10-13(25-4)11-9-12)19(24,17(22)27-6-2)18(23)28-7-3/h8-11,14,24H,5-7H2,1-4H3. The Morgan fingerprint density at radius 3 is 1.75 bits per heavy atom. The summed E-state index contributed by atoms with van der Waals surface area (Å²) in [7, 11) is 1.43. The molecular formula is C19H24O9. The van der Waals surface area contributed by atoms with Crippen molar-refractivity contribution in [3.05, 3.63) is 29.8 Å². The molecule has 1 aromatic rings. The average molecular weight is 396 g/mol. The summed E-state index contributed by atoms with van der Waals surface area (Å²) in [6.45, 7) is 3.80. The zero-order chi connectivity index (χ0) is 21.3. The minimum absolute atomic E-state index is 0.0501. The number of carbonyl (C=O) groups excluding carboxylic acids is 4. The first-order valence-electron chi connectivity index (χ1n) is 8.69. The maximum absolute atomic E-state index is 13.0. The summed E-state index contributed by atoms with van der Waals surface area (Å²) in [6, 6.07) is 5.54. The number of rotatable bonds is 10. The normalized spacial score (nSPS) is 11.9. The molecule has 1 atom stereocenters. The molecule has 0 saturated carbocycles. The van der Waals surface area contributed by atoms with Gasteiger partial charge in [0.25, 0.3) is 5.60 Å². The number of hydrogen-bond donors (Lipinski definition) is 1. The van der Waals surface area contributed by atoms with Crippen LogP contribution in [0.2, 0.25) is 0 Å². The van der Waals surface area contributed by atoms with E-state index in [1.807, 2.05) is 0 Å². The number of esters is 3. The lowest BCUT2D eigenvalue weighted by Crippen LogP contribution is -2.59. The van der Waals surface area contributed by atoms with Crippen LogP contribution in [0.4, 0.5) is 0 Å². The van der Waals surface area contributed by atoms with E-state index < -0.39 is 35.2 Å². The van der Waals surface area contributed by atoms with Crippen molar-refractivity contribution < 1.29 is 43.2 Å². The van der Waals surface area contributed by atoms with E-state index in [2.05, 4.69) is 0 Å². The second-order valence-electron chi connectivity index (χ2n) is 5.49. The molecule has 0 saturated heterocycles. The Kier molecular flexibility index (Phi) is 8.59. The summed E-state index contributed by atoms with van der Waals surface area (Å²) < 4.78 is 19.3. The fraction of sp³-hybridized carbons (Fsp3) is 0.474. The van der Waals surface area contributed by atoms with Gasteiger partial charge in [-0.15, -0.1) is 0 Å². The van der Waals surface area contributed by atoms with E-state index in [0.29, 0.717) is 5.75 Å². The number of aliphatic hydroxyl groups is 1. The van der Waals surface area contributed by atoms with Gasteiger partial charge in [-0.2, -0.15) is 0 Å². The van der Waals surface area contributed by atoms with Gasteiger partial charge < -0.3 is 24.1 Å². The molecule has 0 aliphatic rings. The van der Waals surface area contributed by atoms with Crippen molar-refractivity contribution in [1.82, 2.24) is 0 Å². The number of benzene rings is 1. The molecule has 9 nitrogen and oxygen atoms in total. The minimum Gasteiger partial charge on any atom is -0.497 e. The Morgan fingerprint density at radius 2 is 1.36 bits per heavy atom. The van der Waals surface area contributed by atoms with Gasteiger partial charge in [0.2, 0.25) is 0 Å². The number of hydrogen-bond acceptors (Lipinski definition) is 9. The van der Waals surface area contributed by atoms with Crippen LogP contribution in [0.1, 0.15) is 31.1 Å². The molecule has 0 aromatic heterocycles. The maximum atomic E-state index is 13.0. The van der Waals surface area contributed by atoms with Crippen LogP contribution in [0, 0.1) is 5.92 Å². The van der Waals surface area contributed by atoms with Gasteiger partial charge >= 0.3 is 17.9 Å². The second kappa shape index (κ2) is 10.4. The second-order valence-corrected chi connectivity index (χ2v) is 5.49. The Bertz CT molecular complexity index is 691. The molecule has 154 valence electrons. The van der Waals surface area contributed by atoms with Crippen LogP contribution in [0.5, 0.6) is 5.75 Å². The maximum Gasteiger partial charge on any atom is 0.351 e. The molecule has 0 fully saturated rings. The topological polar surface area (TPSA) is 125 Å². The van der Waals surface area contributed by atoms with Crippen molar-refractivity contribution in [2.45, 2.75) is 26.4 Å². The molecule has 0 spiro atoms. The van der Waals surface area contributed by atoms with Gasteiger partial charge in [-0.3, -0.25) is 9.59 Å². The monoisotopic (exact) mass is 396 g/mol. The third-order valence-electron chi connectivity index (χ3n) is 3.75. The number of Topliss-reactive ketones (excluding diaryl/α,β-unsaturated/α-hetero) is 1. The molecule has 9 heteroatoms. The number of methoxy groups -OCH3 is 1. The highest BCUT2D eigenvalue weighted by atomic mass is 16.6. The average Bonchev–Trinajstić information content (AvgIpc) is 2.68. The van der Waals surface area contributed by atoms with Gasteiger partial charge in [-0.05, 0) is 45.0 Å². The summed E-state index contributed by atoms with van der Waals surface area (Å²) in [5.41, 5.74) is -3.25. The van der Waals surface area contributed by atoms with Gasteiger partial charge in [0.15, 0.2) is 11.7 Å². The van der Waals surface area contributed by atoms with E-state index in [0.717, 1.165) is 0 Å². The zero-order valence-corrected chi connectivity index (χ0v) is 16.2. The smallest absolute Gasteiger partial charge is 0.351 e. The Morgan fingerprint density at radius 1 is 0.893 bits per heavy atom. The highest BCUT2D eigenvalue weighted by molar-refractivity contribution is 6.19. The first-order valence-corrected chi connectivity index (χ1v) is 8.69. The molecule has 1 rings (SSSR count). The molecule has 0 radical (unpaired) electrons. The Hall–Kier alpha value is -2.94. The summed E-state index contributed by atoms with van der Waals surface area (Å²) in [5, 5.41) is 10.9. The van der Waals surface area contributed by atoms with E-state index >= 15 is 0 Å². The van der Waals surface area contributed by atoms with Crippen molar-refractivity contribution in [3.8, 4) is 5.75 Å². The quantitative estimate of drug-likeness (QED) is 0.266. The molecule has 0 heterocycles.